The van der Waals surface area contributed by atoms with Gasteiger partial charge in [0.05, 0.1) is 25.3 Å². The summed E-state index contributed by atoms with van der Waals surface area (Å²) in [6.07, 6.45) is -0.235. The van der Waals surface area contributed by atoms with Crippen LogP contribution in [0.15, 0.2) is 5.38 Å². The molecule has 156 valence electrons. The van der Waals surface area contributed by atoms with Crippen molar-refractivity contribution >= 4 is 34.4 Å². The third-order valence-electron chi connectivity index (χ3n) is 3.82. The third-order valence-corrected chi connectivity index (χ3v) is 4.63. The zero-order valence-corrected chi connectivity index (χ0v) is 17.6. The average Bonchev–Trinajstić information content (AvgIpc) is 3.00. The van der Waals surface area contributed by atoms with Crippen LogP contribution in [0.2, 0.25) is 0 Å². The minimum atomic E-state index is -0.520. The number of nitrogens with one attached hydrogen (secondary N) is 1. The molecule has 9 nitrogen and oxygen atoms in total. The van der Waals surface area contributed by atoms with Crippen molar-refractivity contribution in [3.63, 3.8) is 0 Å². The molecule has 0 saturated carbocycles. The summed E-state index contributed by atoms with van der Waals surface area (Å²) < 4.78 is 10.3. The Labute approximate surface area is 169 Å². The molecule has 1 saturated heterocycles. The first-order chi connectivity index (χ1) is 13.2. The predicted octanol–water partition coefficient (Wildman–Crippen LogP) is 1.74. The van der Waals surface area contributed by atoms with Gasteiger partial charge in [-0.05, 0) is 27.7 Å². The number of hydrogen-bond donors (Lipinski definition) is 1. The lowest BCUT2D eigenvalue weighted by Crippen LogP contribution is -2.51. The Balaban J connectivity index is 1.74. The summed E-state index contributed by atoms with van der Waals surface area (Å²) in [5.41, 5.74) is 0.0539. The van der Waals surface area contributed by atoms with Crippen LogP contribution in [0.5, 0.6) is 0 Å². The van der Waals surface area contributed by atoms with E-state index >= 15 is 0 Å². The smallest absolute Gasteiger partial charge is 0.410 e. The molecule has 0 bridgehead atoms. The van der Waals surface area contributed by atoms with E-state index in [1.807, 2.05) is 25.7 Å². The van der Waals surface area contributed by atoms with Gasteiger partial charge in [0.1, 0.15) is 5.60 Å². The van der Waals surface area contributed by atoms with E-state index in [0.29, 0.717) is 43.6 Å². The number of carbonyl (C=O) groups excluding carboxylic acids is 3. The maximum Gasteiger partial charge on any atom is 0.410 e. The second kappa shape index (κ2) is 9.83. The van der Waals surface area contributed by atoms with Crippen LogP contribution in [0.25, 0.3) is 0 Å². The van der Waals surface area contributed by atoms with Gasteiger partial charge in [0, 0.05) is 31.6 Å². The quantitative estimate of drug-likeness (QED) is 0.710. The normalized spacial score (nSPS) is 15.2. The number of ether oxygens (including phenoxy) is 2. The van der Waals surface area contributed by atoms with E-state index in [1.165, 1.54) is 11.3 Å². The fourth-order valence-corrected chi connectivity index (χ4v) is 3.31. The molecule has 0 aromatic carbocycles. The van der Waals surface area contributed by atoms with Gasteiger partial charge in [0.2, 0.25) is 5.91 Å². The van der Waals surface area contributed by atoms with Crippen LogP contribution in [-0.4, -0.2) is 77.7 Å². The summed E-state index contributed by atoms with van der Waals surface area (Å²) in [6.45, 7) is 10.0. The van der Waals surface area contributed by atoms with Crippen LogP contribution in [0.3, 0.4) is 0 Å². The summed E-state index contributed by atoms with van der Waals surface area (Å²) in [5, 5.41) is 4.93. The minimum Gasteiger partial charge on any atom is -0.466 e. The molecular formula is C18H28N4O5S. The highest BCUT2D eigenvalue weighted by atomic mass is 32.1. The van der Waals surface area contributed by atoms with Gasteiger partial charge >= 0.3 is 12.1 Å². The first-order valence-corrected chi connectivity index (χ1v) is 10.1. The molecule has 10 heteroatoms. The van der Waals surface area contributed by atoms with Gasteiger partial charge in [-0.25, -0.2) is 9.78 Å². The Morgan fingerprint density at radius 2 is 1.89 bits per heavy atom. The molecule has 0 unspecified atom stereocenters. The highest BCUT2D eigenvalue weighted by molar-refractivity contribution is 7.13. The molecule has 1 aliphatic rings. The number of carbonyl (C=O) groups is 3. The first kappa shape index (κ1) is 22.1. The molecule has 1 fully saturated rings. The largest absolute Gasteiger partial charge is 0.466 e. The van der Waals surface area contributed by atoms with E-state index in [9.17, 15) is 14.4 Å². The van der Waals surface area contributed by atoms with Crippen molar-refractivity contribution in [3.05, 3.63) is 11.1 Å². The average molecular weight is 413 g/mol. The zero-order chi connectivity index (χ0) is 20.7. The molecule has 1 aliphatic heterocycles. The van der Waals surface area contributed by atoms with Crippen molar-refractivity contribution < 1.29 is 23.9 Å². The maximum absolute atomic E-state index is 12.2. The van der Waals surface area contributed by atoms with Gasteiger partial charge in [0.25, 0.3) is 0 Å². The highest BCUT2D eigenvalue weighted by Gasteiger charge is 2.26. The Morgan fingerprint density at radius 3 is 2.50 bits per heavy atom. The topological polar surface area (TPSA) is 101 Å². The van der Waals surface area contributed by atoms with Crippen LogP contribution in [0, 0.1) is 0 Å². The molecule has 0 spiro atoms. The molecule has 0 atom stereocenters. The Hall–Kier alpha value is -2.20. The van der Waals surface area contributed by atoms with Gasteiger partial charge in [-0.15, -0.1) is 11.3 Å². The van der Waals surface area contributed by atoms with E-state index in [0.717, 1.165) is 0 Å². The monoisotopic (exact) mass is 412 g/mol. The van der Waals surface area contributed by atoms with Crippen molar-refractivity contribution in [2.45, 2.75) is 39.7 Å². The van der Waals surface area contributed by atoms with E-state index in [1.54, 1.807) is 17.2 Å². The summed E-state index contributed by atoms with van der Waals surface area (Å²) in [7, 11) is 0. The molecule has 0 radical (unpaired) electrons. The number of nitrogens with zero attached hydrogens (tertiary/aromatic N) is 3. The number of piperazine rings is 1. The molecule has 1 aromatic rings. The molecule has 1 N–H and O–H groups in total. The molecule has 2 rings (SSSR count). The number of aromatic nitrogens is 1. The fraction of sp³-hybridized carbons (Fsp3) is 0.667. The molecule has 2 amide bonds. The van der Waals surface area contributed by atoms with Crippen molar-refractivity contribution in [1.29, 1.82) is 0 Å². The van der Waals surface area contributed by atoms with Crippen LogP contribution in [0.4, 0.5) is 9.93 Å². The van der Waals surface area contributed by atoms with Gasteiger partial charge in [-0.2, -0.15) is 0 Å². The summed E-state index contributed by atoms with van der Waals surface area (Å²) >= 11 is 1.27. The summed E-state index contributed by atoms with van der Waals surface area (Å²) in [4.78, 5) is 43.6. The van der Waals surface area contributed by atoms with Crippen molar-refractivity contribution in [3.8, 4) is 0 Å². The molecule has 2 heterocycles. The Morgan fingerprint density at radius 1 is 1.21 bits per heavy atom. The lowest BCUT2D eigenvalue weighted by Gasteiger charge is -2.35. The van der Waals surface area contributed by atoms with E-state index in [-0.39, 0.29) is 30.9 Å². The van der Waals surface area contributed by atoms with Gasteiger partial charge in [0.15, 0.2) is 5.13 Å². The van der Waals surface area contributed by atoms with E-state index < -0.39 is 5.60 Å². The van der Waals surface area contributed by atoms with Gasteiger partial charge < -0.3 is 19.7 Å². The first-order valence-electron chi connectivity index (χ1n) is 9.26. The molecule has 0 aliphatic carbocycles. The second-order valence-corrected chi connectivity index (χ2v) is 8.28. The van der Waals surface area contributed by atoms with Crippen LogP contribution in [0.1, 0.15) is 33.4 Å². The SMILES string of the molecule is CCOC(=O)Cc1csc(NC(=O)CN2CCN(C(=O)OC(C)(C)C)CC2)n1. The van der Waals surface area contributed by atoms with Gasteiger partial charge in [-0.1, -0.05) is 0 Å². The Kier molecular flexibility index (Phi) is 7.76. The molecular weight excluding hydrogens is 384 g/mol. The lowest BCUT2D eigenvalue weighted by atomic mass is 10.2. The van der Waals surface area contributed by atoms with Crippen LogP contribution < -0.4 is 5.32 Å². The lowest BCUT2D eigenvalue weighted by molar-refractivity contribution is -0.142. The molecule has 28 heavy (non-hydrogen) atoms. The second-order valence-electron chi connectivity index (χ2n) is 7.42. The number of hydrogen-bond acceptors (Lipinski definition) is 8. The minimum absolute atomic E-state index is 0.0901. The zero-order valence-electron chi connectivity index (χ0n) is 16.8. The fourth-order valence-electron chi connectivity index (χ4n) is 2.58. The Bertz CT molecular complexity index is 692. The number of rotatable bonds is 6. The summed E-state index contributed by atoms with van der Waals surface area (Å²) in [6, 6.07) is 0. The van der Waals surface area contributed by atoms with Crippen LogP contribution in [-0.2, 0) is 25.5 Å². The number of amides is 2. The number of esters is 1. The number of thiazole rings is 1. The standard InChI is InChI=1S/C18H28N4O5S/c1-5-26-15(24)10-13-12-28-16(19-13)20-14(23)11-21-6-8-22(9-7-21)17(25)27-18(2,3)4/h12H,5-11H2,1-4H3,(H,19,20,23). The van der Waals surface area contributed by atoms with Crippen molar-refractivity contribution in [2.24, 2.45) is 0 Å². The summed E-state index contributed by atoms with van der Waals surface area (Å²) in [5.74, 6) is -0.517. The molecule has 1 aromatic heterocycles. The predicted molar refractivity (Wildman–Crippen MR) is 105 cm³/mol. The highest BCUT2D eigenvalue weighted by Crippen LogP contribution is 2.16. The van der Waals surface area contributed by atoms with E-state index in [2.05, 4.69) is 10.3 Å². The maximum atomic E-state index is 12.2. The number of anilines is 1. The van der Waals surface area contributed by atoms with E-state index in [4.69, 9.17) is 9.47 Å². The van der Waals surface area contributed by atoms with Crippen molar-refractivity contribution in [2.75, 3.05) is 44.6 Å². The van der Waals surface area contributed by atoms with Crippen molar-refractivity contribution in [1.82, 2.24) is 14.8 Å². The van der Waals surface area contributed by atoms with Crippen LogP contribution >= 0.6 is 11.3 Å². The third kappa shape index (κ3) is 7.43. The van der Waals surface area contributed by atoms with Gasteiger partial charge in [-0.3, -0.25) is 14.5 Å².